The van der Waals surface area contributed by atoms with Gasteiger partial charge in [-0.1, -0.05) is 0 Å². The van der Waals surface area contributed by atoms with Crippen molar-refractivity contribution in [2.45, 2.75) is 13.0 Å². The number of sulfonamides is 1. The third-order valence-electron chi connectivity index (χ3n) is 2.05. The van der Waals surface area contributed by atoms with E-state index in [1.807, 2.05) is 6.07 Å². The molecule has 0 aliphatic carbocycles. The standard InChI is InChI=1S/C7H13N3O2S/c1-2-13(11,12)10-4-3-9-7(5-8)6-10/h7,9H,2-4,6H2,1H3/t7-/m0/s1. The largest absolute Gasteiger partial charge is 0.300 e. The van der Waals surface area contributed by atoms with Crippen LogP contribution in [-0.2, 0) is 10.0 Å². The minimum atomic E-state index is -3.12. The summed E-state index contributed by atoms with van der Waals surface area (Å²) in [6, 6.07) is 1.65. The fourth-order valence-electron chi connectivity index (χ4n) is 1.24. The predicted octanol–water partition coefficient (Wildman–Crippen LogP) is -0.867. The summed E-state index contributed by atoms with van der Waals surface area (Å²) in [7, 11) is -3.12. The first-order valence-corrected chi connectivity index (χ1v) is 5.82. The zero-order chi connectivity index (χ0) is 9.90. The van der Waals surface area contributed by atoms with E-state index in [1.165, 1.54) is 4.31 Å². The van der Waals surface area contributed by atoms with E-state index in [-0.39, 0.29) is 18.3 Å². The maximum Gasteiger partial charge on any atom is 0.213 e. The summed E-state index contributed by atoms with van der Waals surface area (Å²) < 4.78 is 24.2. The number of piperazine rings is 1. The normalized spacial score (nSPS) is 25.4. The molecular weight excluding hydrogens is 190 g/mol. The molecule has 1 aliphatic heterocycles. The van der Waals surface area contributed by atoms with Crippen molar-refractivity contribution in [3.8, 4) is 6.07 Å². The highest BCUT2D eigenvalue weighted by Gasteiger charge is 2.26. The Morgan fingerprint density at radius 2 is 2.38 bits per heavy atom. The second-order valence-electron chi connectivity index (χ2n) is 2.89. The Kier molecular flexibility index (Phi) is 3.25. The van der Waals surface area contributed by atoms with Gasteiger partial charge in [-0.3, -0.25) is 5.32 Å². The van der Waals surface area contributed by atoms with Crippen LogP contribution in [0.1, 0.15) is 6.92 Å². The van der Waals surface area contributed by atoms with Crippen molar-refractivity contribution in [1.29, 1.82) is 5.26 Å². The fraction of sp³-hybridized carbons (Fsp3) is 0.857. The van der Waals surface area contributed by atoms with E-state index in [1.54, 1.807) is 6.92 Å². The fourth-order valence-corrected chi connectivity index (χ4v) is 2.36. The average Bonchev–Trinajstić information content (AvgIpc) is 2.18. The maximum atomic E-state index is 11.4. The first-order chi connectivity index (χ1) is 6.10. The molecule has 0 amide bonds. The van der Waals surface area contributed by atoms with Crippen LogP contribution in [0.2, 0.25) is 0 Å². The molecule has 0 aromatic heterocycles. The quantitative estimate of drug-likeness (QED) is 0.633. The van der Waals surface area contributed by atoms with Gasteiger partial charge in [0.05, 0.1) is 11.8 Å². The van der Waals surface area contributed by atoms with Crippen LogP contribution in [0.5, 0.6) is 0 Å². The number of nitrogens with zero attached hydrogens (tertiary/aromatic N) is 2. The van der Waals surface area contributed by atoms with Crippen molar-refractivity contribution in [2.75, 3.05) is 25.4 Å². The van der Waals surface area contributed by atoms with E-state index < -0.39 is 10.0 Å². The Hall–Kier alpha value is -0.640. The number of rotatable bonds is 2. The summed E-state index contributed by atoms with van der Waals surface area (Å²) in [6.07, 6.45) is 0. The Morgan fingerprint density at radius 1 is 1.69 bits per heavy atom. The van der Waals surface area contributed by atoms with Crippen molar-refractivity contribution in [1.82, 2.24) is 9.62 Å². The van der Waals surface area contributed by atoms with Crippen LogP contribution < -0.4 is 5.32 Å². The Balaban J connectivity index is 2.68. The molecule has 1 aliphatic rings. The lowest BCUT2D eigenvalue weighted by atomic mass is 10.3. The lowest BCUT2D eigenvalue weighted by Gasteiger charge is -2.29. The molecule has 6 heteroatoms. The molecule has 1 saturated heterocycles. The number of hydrogen-bond acceptors (Lipinski definition) is 4. The van der Waals surface area contributed by atoms with Crippen molar-refractivity contribution in [2.24, 2.45) is 0 Å². The van der Waals surface area contributed by atoms with E-state index >= 15 is 0 Å². The van der Waals surface area contributed by atoms with E-state index in [2.05, 4.69) is 5.32 Å². The number of nitrogens with one attached hydrogen (secondary N) is 1. The number of nitriles is 1. The third kappa shape index (κ3) is 2.40. The van der Waals surface area contributed by atoms with E-state index in [4.69, 9.17) is 5.26 Å². The summed E-state index contributed by atoms with van der Waals surface area (Å²) in [5, 5.41) is 11.5. The van der Waals surface area contributed by atoms with Crippen LogP contribution in [-0.4, -0.2) is 44.2 Å². The molecule has 0 aromatic rings. The molecule has 1 atom stereocenters. The molecular formula is C7H13N3O2S. The molecule has 0 aromatic carbocycles. The number of hydrogen-bond donors (Lipinski definition) is 1. The van der Waals surface area contributed by atoms with Crippen LogP contribution in [0.25, 0.3) is 0 Å². The summed E-state index contributed by atoms with van der Waals surface area (Å²) in [4.78, 5) is 0. The summed E-state index contributed by atoms with van der Waals surface area (Å²) >= 11 is 0. The SMILES string of the molecule is CCS(=O)(=O)N1CCN[C@@H](C#N)C1. The van der Waals surface area contributed by atoms with Crippen LogP contribution in [0, 0.1) is 11.3 Å². The molecule has 0 spiro atoms. The maximum absolute atomic E-state index is 11.4. The monoisotopic (exact) mass is 203 g/mol. The molecule has 1 N–H and O–H groups in total. The highest BCUT2D eigenvalue weighted by molar-refractivity contribution is 7.89. The highest BCUT2D eigenvalue weighted by Crippen LogP contribution is 2.05. The van der Waals surface area contributed by atoms with E-state index in [9.17, 15) is 8.42 Å². The molecule has 0 unspecified atom stereocenters. The first kappa shape index (κ1) is 10.4. The molecule has 1 rings (SSSR count). The molecule has 0 radical (unpaired) electrons. The molecule has 1 fully saturated rings. The molecule has 0 bridgehead atoms. The first-order valence-electron chi connectivity index (χ1n) is 4.21. The van der Waals surface area contributed by atoms with E-state index in [0.29, 0.717) is 13.1 Å². The van der Waals surface area contributed by atoms with Crippen LogP contribution in [0.15, 0.2) is 0 Å². The smallest absolute Gasteiger partial charge is 0.213 e. The van der Waals surface area contributed by atoms with Gasteiger partial charge in [0.15, 0.2) is 0 Å². The minimum Gasteiger partial charge on any atom is -0.300 e. The van der Waals surface area contributed by atoms with Crippen molar-refractivity contribution in [3.05, 3.63) is 0 Å². The Bertz CT molecular complexity index is 306. The second kappa shape index (κ2) is 4.05. The van der Waals surface area contributed by atoms with Gasteiger partial charge in [0.2, 0.25) is 10.0 Å². The average molecular weight is 203 g/mol. The van der Waals surface area contributed by atoms with Crippen molar-refractivity contribution < 1.29 is 8.42 Å². The minimum absolute atomic E-state index is 0.102. The topological polar surface area (TPSA) is 73.2 Å². The van der Waals surface area contributed by atoms with Gasteiger partial charge < -0.3 is 0 Å². The summed E-state index contributed by atoms with van der Waals surface area (Å²) in [6.45, 7) is 2.90. The van der Waals surface area contributed by atoms with Crippen molar-refractivity contribution in [3.63, 3.8) is 0 Å². The van der Waals surface area contributed by atoms with Gasteiger partial charge >= 0.3 is 0 Å². The molecule has 0 saturated carbocycles. The van der Waals surface area contributed by atoms with Gasteiger partial charge in [-0.2, -0.15) is 9.57 Å². The molecule has 13 heavy (non-hydrogen) atoms. The Morgan fingerprint density at radius 3 is 2.92 bits per heavy atom. The zero-order valence-corrected chi connectivity index (χ0v) is 8.34. The molecule has 1 heterocycles. The van der Waals surface area contributed by atoms with Gasteiger partial charge in [-0.15, -0.1) is 0 Å². The molecule has 5 nitrogen and oxygen atoms in total. The lowest BCUT2D eigenvalue weighted by Crippen LogP contribution is -2.52. The van der Waals surface area contributed by atoms with Gasteiger partial charge in [-0.05, 0) is 6.92 Å². The Labute approximate surface area is 78.4 Å². The third-order valence-corrected chi connectivity index (χ3v) is 3.90. The van der Waals surface area contributed by atoms with Gasteiger partial charge in [0.1, 0.15) is 6.04 Å². The van der Waals surface area contributed by atoms with Gasteiger partial charge in [-0.25, -0.2) is 8.42 Å². The second-order valence-corrected chi connectivity index (χ2v) is 5.15. The lowest BCUT2D eigenvalue weighted by molar-refractivity contribution is 0.330. The molecule has 74 valence electrons. The van der Waals surface area contributed by atoms with Gasteiger partial charge in [0, 0.05) is 19.6 Å². The van der Waals surface area contributed by atoms with Crippen molar-refractivity contribution >= 4 is 10.0 Å². The zero-order valence-electron chi connectivity index (χ0n) is 7.52. The van der Waals surface area contributed by atoms with Crippen LogP contribution in [0.3, 0.4) is 0 Å². The van der Waals surface area contributed by atoms with Crippen LogP contribution in [0.4, 0.5) is 0 Å². The highest BCUT2D eigenvalue weighted by atomic mass is 32.2. The predicted molar refractivity (Wildman–Crippen MR) is 48.4 cm³/mol. The van der Waals surface area contributed by atoms with Gasteiger partial charge in [0.25, 0.3) is 0 Å². The van der Waals surface area contributed by atoms with E-state index in [0.717, 1.165) is 0 Å². The summed E-state index contributed by atoms with van der Waals surface area (Å²) in [5.41, 5.74) is 0. The summed E-state index contributed by atoms with van der Waals surface area (Å²) in [5.74, 6) is 0.102. The van der Waals surface area contributed by atoms with Crippen LogP contribution >= 0.6 is 0 Å².